The molecular formula is C31H44O11. The summed E-state index contributed by atoms with van der Waals surface area (Å²) in [7, 11) is 1.18. The fourth-order valence-corrected chi connectivity index (χ4v) is 11.4. The average Bonchev–Trinajstić information content (AvgIpc) is 3.52. The van der Waals surface area contributed by atoms with Crippen molar-refractivity contribution in [3.05, 3.63) is 0 Å². The van der Waals surface area contributed by atoms with E-state index in [2.05, 4.69) is 6.92 Å². The molecule has 0 aromatic rings. The van der Waals surface area contributed by atoms with E-state index in [9.17, 15) is 29.4 Å². The second-order valence-corrected chi connectivity index (χ2v) is 14.6. The quantitative estimate of drug-likeness (QED) is 0.278. The monoisotopic (exact) mass is 592 g/mol. The number of ether oxygens (including phenoxy) is 5. The number of methoxy groups -OCH3 is 1. The molecule has 13 atom stereocenters. The van der Waals surface area contributed by atoms with Gasteiger partial charge in [-0.3, -0.25) is 14.4 Å². The third-order valence-electron chi connectivity index (χ3n) is 13.3. The molecule has 2 N–H and O–H groups in total. The molecule has 11 heteroatoms. The average molecular weight is 593 g/mol. The molecule has 2 saturated heterocycles. The Bertz CT molecular complexity index is 1230. The van der Waals surface area contributed by atoms with Crippen molar-refractivity contribution in [1.29, 1.82) is 0 Å². The third kappa shape index (κ3) is 3.21. The van der Waals surface area contributed by atoms with Gasteiger partial charge in [0.2, 0.25) is 5.60 Å². The molecule has 0 aromatic carbocycles. The van der Waals surface area contributed by atoms with E-state index in [1.807, 2.05) is 13.8 Å². The number of aliphatic hydroxyl groups is 2. The number of hydrogen-bond acceptors (Lipinski definition) is 11. The Kier molecular flexibility index (Phi) is 6.41. The maximum atomic E-state index is 13.5. The van der Waals surface area contributed by atoms with E-state index in [0.29, 0.717) is 38.9 Å². The minimum absolute atomic E-state index is 0.000164. The van der Waals surface area contributed by atoms with E-state index in [4.69, 9.17) is 23.7 Å². The summed E-state index contributed by atoms with van der Waals surface area (Å²) in [4.78, 5) is 52.6. The van der Waals surface area contributed by atoms with Crippen molar-refractivity contribution >= 4 is 23.7 Å². The fraction of sp³-hybridized carbons (Fsp3) is 0.871. The lowest BCUT2D eigenvalue weighted by molar-refractivity contribution is -0.336. The molecule has 2 heterocycles. The summed E-state index contributed by atoms with van der Waals surface area (Å²) in [5.41, 5.74) is -7.24. The van der Waals surface area contributed by atoms with E-state index < -0.39 is 86.9 Å². The maximum Gasteiger partial charge on any atom is 0.342 e. The zero-order valence-corrected chi connectivity index (χ0v) is 25.6. The van der Waals surface area contributed by atoms with Crippen LogP contribution in [0, 0.1) is 39.4 Å². The van der Waals surface area contributed by atoms with Gasteiger partial charge >= 0.3 is 17.9 Å². The smallest absolute Gasteiger partial charge is 0.342 e. The molecule has 0 spiro atoms. The van der Waals surface area contributed by atoms with Crippen LogP contribution < -0.4 is 0 Å². The summed E-state index contributed by atoms with van der Waals surface area (Å²) < 4.78 is 29.3. The number of epoxide rings is 1. The largest absolute Gasteiger partial charge is 0.467 e. The van der Waals surface area contributed by atoms with Crippen molar-refractivity contribution in [3.8, 4) is 0 Å². The fourth-order valence-electron chi connectivity index (χ4n) is 11.4. The van der Waals surface area contributed by atoms with Crippen LogP contribution in [0.2, 0.25) is 0 Å². The van der Waals surface area contributed by atoms with Crippen LogP contribution in [-0.4, -0.2) is 89.8 Å². The standard InChI is InChI=1S/C31H44O11/c1-15(32)29-11-9-19-26(4,21(29)13-39-14-29)10-8-20-27(19,5)23(40-16(2)33)24(41-17(3)34)28(6)30(20,37)12-18(35)22-31(28,42-22)25(36)38-7/h15,19-24,32,37H,8-14H2,1-7H3/t15?,19?,20?,21-,22+,23+,24-,26+,27+,28+,29-,30+,31-/m0/s1. The van der Waals surface area contributed by atoms with Gasteiger partial charge in [0.15, 0.2) is 18.0 Å². The minimum Gasteiger partial charge on any atom is -0.467 e. The molecule has 0 bridgehead atoms. The lowest BCUT2D eigenvalue weighted by atomic mass is 9.32. The van der Waals surface area contributed by atoms with Gasteiger partial charge in [0.05, 0.1) is 37.4 Å². The van der Waals surface area contributed by atoms with Crippen LogP contribution in [0.3, 0.4) is 0 Å². The van der Waals surface area contributed by atoms with Crippen molar-refractivity contribution in [2.45, 2.75) is 109 Å². The summed E-state index contributed by atoms with van der Waals surface area (Å²) in [6.07, 6.45) is -2.05. The number of carbonyl (C=O) groups is 4. The highest BCUT2D eigenvalue weighted by Gasteiger charge is 2.91. The van der Waals surface area contributed by atoms with Crippen LogP contribution >= 0.6 is 0 Å². The molecule has 4 saturated carbocycles. The third-order valence-corrected chi connectivity index (χ3v) is 13.3. The van der Waals surface area contributed by atoms with Gasteiger partial charge in [-0.2, -0.15) is 0 Å². The first-order valence-corrected chi connectivity index (χ1v) is 15.1. The second kappa shape index (κ2) is 8.99. The first-order chi connectivity index (χ1) is 19.5. The van der Waals surface area contributed by atoms with Gasteiger partial charge in [-0.05, 0) is 62.7 Å². The predicted octanol–water partition coefficient (Wildman–Crippen LogP) is 1.73. The Hall–Kier alpha value is -2.08. The molecule has 6 fully saturated rings. The molecule has 0 amide bonds. The van der Waals surface area contributed by atoms with Gasteiger partial charge in [0, 0.05) is 31.1 Å². The Morgan fingerprint density at radius 3 is 2.19 bits per heavy atom. The molecule has 6 rings (SSSR count). The Labute approximate surface area is 245 Å². The van der Waals surface area contributed by atoms with Crippen molar-refractivity contribution in [2.75, 3.05) is 20.3 Å². The van der Waals surface area contributed by atoms with E-state index in [-0.39, 0.29) is 18.3 Å². The molecule has 4 aliphatic carbocycles. The zero-order chi connectivity index (χ0) is 30.8. The number of hydrogen-bond donors (Lipinski definition) is 2. The van der Waals surface area contributed by atoms with Crippen molar-refractivity contribution in [2.24, 2.45) is 39.4 Å². The van der Waals surface area contributed by atoms with Crippen molar-refractivity contribution in [3.63, 3.8) is 0 Å². The highest BCUT2D eigenvalue weighted by molar-refractivity contribution is 6.01. The highest BCUT2D eigenvalue weighted by Crippen LogP contribution is 2.77. The zero-order valence-electron chi connectivity index (χ0n) is 25.6. The first kappa shape index (κ1) is 30.0. The number of ketones is 1. The van der Waals surface area contributed by atoms with Gasteiger partial charge in [0.25, 0.3) is 0 Å². The molecule has 0 radical (unpaired) electrons. The van der Waals surface area contributed by atoms with Crippen LogP contribution in [-0.2, 0) is 42.9 Å². The van der Waals surface area contributed by atoms with Crippen LogP contribution in [0.1, 0.15) is 73.6 Å². The van der Waals surface area contributed by atoms with Gasteiger partial charge in [-0.15, -0.1) is 0 Å². The molecule has 0 aromatic heterocycles. The molecular weight excluding hydrogens is 548 g/mol. The number of aliphatic hydroxyl groups excluding tert-OH is 1. The Morgan fingerprint density at radius 2 is 1.60 bits per heavy atom. The molecule has 6 aliphatic rings. The SMILES string of the molecule is COC(=O)[C@@]12O[C@@H]1C(=O)C[C@@]1(O)C3CC[C@]4(C)C(CC[C@@]5(C(C)O)COC[C@H]54)[C@@]3(C)[C@H](OC(C)=O)[C@H](OC(C)=O)[C@]12C. The van der Waals surface area contributed by atoms with E-state index >= 15 is 0 Å². The first-order valence-electron chi connectivity index (χ1n) is 15.1. The van der Waals surface area contributed by atoms with E-state index in [0.717, 1.165) is 0 Å². The molecule has 2 aliphatic heterocycles. The number of esters is 3. The molecule has 3 unspecified atom stereocenters. The van der Waals surface area contributed by atoms with E-state index in [1.54, 1.807) is 6.92 Å². The van der Waals surface area contributed by atoms with Gasteiger partial charge in [0.1, 0.15) is 6.10 Å². The lowest BCUT2D eigenvalue weighted by Crippen LogP contribution is -2.82. The second-order valence-electron chi connectivity index (χ2n) is 14.6. The number of fused-ring (bicyclic) bond motifs is 9. The lowest BCUT2D eigenvalue weighted by Gasteiger charge is -2.73. The van der Waals surface area contributed by atoms with Crippen LogP contribution in [0.15, 0.2) is 0 Å². The minimum atomic E-state index is -1.90. The summed E-state index contributed by atoms with van der Waals surface area (Å²) in [5, 5.41) is 24.0. The summed E-state index contributed by atoms with van der Waals surface area (Å²) >= 11 is 0. The summed E-state index contributed by atoms with van der Waals surface area (Å²) in [5.74, 6) is -3.32. The number of Topliss-reactive ketones (excluding diaryl/α,β-unsaturated/α-hetero) is 1. The van der Waals surface area contributed by atoms with Crippen molar-refractivity contribution < 1.29 is 53.1 Å². The number of carbonyl (C=O) groups excluding carboxylic acids is 4. The van der Waals surface area contributed by atoms with E-state index in [1.165, 1.54) is 21.0 Å². The van der Waals surface area contributed by atoms with Crippen LogP contribution in [0.5, 0.6) is 0 Å². The Morgan fingerprint density at radius 1 is 0.976 bits per heavy atom. The number of rotatable bonds is 4. The highest BCUT2D eigenvalue weighted by atomic mass is 16.7. The topological polar surface area (TPSA) is 158 Å². The Balaban J connectivity index is 1.58. The molecule has 42 heavy (non-hydrogen) atoms. The van der Waals surface area contributed by atoms with Crippen LogP contribution in [0.4, 0.5) is 0 Å². The summed E-state index contributed by atoms with van der Waals surface area (Å²) in [6, 6.07) is 0. The molecule has 234 valence electrons. The normalized spacial score (nSPS) is 52.8. The van der Waals surface area contributed by atoms with Crippen molar-refractivity contribution in [1.82, 2.24) is 0 Å². The van der Waals surface area contributed by atoms with Crippen LogP contribution in [0.25, 0.3) is 0 Å². The van der Waals surface area contributed by atoms with Gasteiger partial charge in [-0.1, -0.05) is 13.8 Å². The predicted molar refractivity (Wildman–Crippen MR) is 143 cm³/mol. The van der Waals surface area contributed by atoms with Gasteiger partial charge in [-0.25, -0.2) is 4.79 Å². The summed E-state index contributed by atoms with van der Waals surface area (Å²) in [6.45, 7) is 11.0. The maximum absolute atomic E-state index is 13.5. The molecule has 11 nitrogen and oxygen atoms in total. The van der Waals surface area contributed by atoms with Gasteiger partial charge < -0.3 is 33.9 Å².